The summed E-state index contributed by atoms with van der Waals surface area (Å²) in [5, 5.41) is 9.90. The van der Waals surface area contributed by atoms with Crippen LogP contribution in [0, 0.1) is 6.92 Å². The first-order chi connectivity index (χ1) is 10.1. The topological polar surface area (TPSA) is 59.4 Å². The SMILES string of the molecule is Cc1cc(OCc2nc3ccccc3s2)ccc1C(=O)O. The van der Waals surface area contributed by atoms with E-state index in [4.69, 9.17) is 9.84 Å². The maximum absolute atomic E-state index is 11.0. The van der Waals surface area contributed by atoms with E-state index in [1.165, 1.54) is 0 Å². The third-order valence-electron chi connectivity index (χ3n) is 3.13. The fourth-order valence-electron chi connectivity index (χ4n) is 2.09. The van der Waals surface area contributed by atoms with Crippen LogP contribution in [0.15, 0.2) is 42.5 Å². The lowest BCUT2D eigenvalue weighted by atomic mass is 10.1. The number of para-hydroxylation sites is 1. The van der Waals surface area contributed by atoms with Crippen molar-refractivity contribution in [2.75, 3.05) is 0 Å². The van der Waals surface area contributed by atoms with Crippen molar-refractivity contribution in [3.8, 4) is 5.75 Å². The number of aromatic carboxylic acids is 1. The molecule has 0 spiro atoms. The summed E-state index contributed by atoms with van der Waals surface area (Å²) in [7, 11) is 0. The molecule has 0 aliphatic heterocycles. The summed E-state index contributed by atoms with van der Waals surface area (Å²) in [6.45, 7) is 2.14. The van der Waals surface area contributed by atoms with Gasteiger partial charge in [0.1, 0.15) is 17.4 Å². The van der Waals surface area contributed by atoms with E-state index in [0.29, 0.717) is 23.5 Å². The minimum Gasteiger partial charge on any atom is -0.486 e. The normalized spacial score (nSPS) is 10.7. The van der Waals surface area contributed by atoms with Gasteiger partial charge in [-0.05, 0) is 42.8 Å². The Hall–Kier alpha value is -2.40. The molecule has 0 fully saturated rings. The van der Waals surface area contributed by atoms with Gasteiger partial charge in [-0.1, -0.05) is 12.1 Å². The number of aromatic nitrogens is 1. The number of aryl methyl sites for hydroxylation is 1. The molecule has 3 aromatic rings. The number of benzene rings is 2. The van der Waals surface area contributed by atoms with E-state index in [-0.39, 0.29) is 0 Å². The van der Waals surface area contributed by atoms with Gasteiger partial charge in [0.05, 0.1) is 15.8 Å². The van der Waals surface area contributed by atoms with Crippen LogP contribution in [0.1, 0.15) is 20.9 Å². The highest BCUT2D eigenvalue weighted by molar-refractivity contribution is 7.18. The highest BCUT2D eigenvalue weighted by Gasteiger charge is 2.08. The van der Waals surface area contributed by atoms with Crippen molar-refractivity contribution in [2.45, 2.75) is 13.5 Å². The number of carboxylic acids is 1. The summed E-state index contributed by atoms with van der Waals surface area (Å²) < 4.78 is 6.83. The molecule has 5 heteroatoms. The Morgan fingerprint density at radius 1 is 1.29 bits per heavy atom. The molecule has 0 unspecified atom stereocenters. The first-order valence-corrected chi connectivity index (χ1v) is 7.26. The van der Waals surface area contributed by atoms with Gasteiger partial charge in [0.15, 0.2) is 0 Å². The maximum atomic E-state index is 11.0. The number of fused-ring (bicyclic) bond motifs is 1. The van der Waals surface area contributed by atoms with Crippen molar-refractivity contribution in [1.29, 1.82) is 0 Å². The zero-order valence-corrected chi connectivity index (χ0v) is 12.2. The van der Waals surface area contributed by atoms with Crippen molar-refractivity contribution in [3.05, 3.63) is 58.6 Å². The van der Waals surface area contributed by atoms with Gasteiger partial charge in [0.25, 0.3) is 0 Å². The van der Waals surface area contributed by atoms with Gasteiger partial charge < -0.3 is 9.84 Å². The number of ether oxygens (including phenoxy) is 1. The molecule has 2 aromatic carbocycles. The molecule has 0 bridgehead atoms. The first-order valence-electron chi connectivity index (χ1n) is 6.44. The van der Waals surface area contributed by atoms with Crippen molar-refractivity contribution in [3.63, 3.8) is 0 Å². The Balaban J connectivity index is 1.75. The molecule has 0 saturated carbocycles. The molecule has 0 aliphatic rings. The highest BCUT2D eigenvalue weighted by Crippen LogP contribution is 2.23. The molecule has 1 heterocycles. The fraction of sp³-hybridized carbons (Fsp3) is 0.125. The number of thiazole rings is 1. The van der Waals surface area contributed by atoms with E-state index >= 15 is 0 Å². The maximum Gasteiger partial charge on any atom is 0.335 e. The minimum atomic E-state index is -0.926. The van der Waals surface area contributed by atoms with Crippen molar-refractivity contribution >= 4 is 27.5 Å². The summed E-state index contributed by atoms with van der Waals surface area (Å²) in [5.41, 5.74) is 1.95. The van der Waals surface area contributed by atoms with Crippen LogP contribution in [0.5, 0.6) is 5.75 Å². The summed E-state index contributed by atoms with van der Waals surface area (Å²) in [4.78, 5) is 15.5. The van der Waals surface area contributed by atoms with Crippen LogP contribution in [0.4, 0.5) is 0 Å². The molecule has 1 aromatic heterocycles. The molecule has 0 saturated heterocycles. The largest absolute Gasteiger partial charge is 0.486 e. The first kappa shape index (κ1) is 13.6. The summed E-state index contributed by atoms with van der Waals surface area (Å²) >= 11 is 1.60. The monoisotopic (exact) mass is 299 g/mol. The van der Waals surface area contributed by atoms with Gasteiger partial charge in [-0.25, -0.2) is 9.78 Å². The third-order valence-corrected chi connectivity index (χ3v) is 4.14. The second-order valence-electron chi connectivity index (χ2n) is 4.65. The molecule has 0 radical (unpaired) electrons. The van der Waals surface area contributed by atoms with Crippen LogP contribution >= 0.6 is 11.3 Å². The summed E-state index contributed by atoms with van der Waals surface area (Å²) in [6.07, 6.45) is 0. The predicted octanol–water partition coefficient (Wildman–Crippen LogP) is 3.88. The molecule has 21 heavy (non-hydrogen) atoms. The van der Waals surface area contributed by atoms with E-state index < -0.39 is 5.97 Å². The van der Waals surface area contributed by atoms with Crippen LogP contribution in [0.2, 0.25) is 0 Å². The van der Waals surface area contributed by atoms with Gasteiger partial charge in [-0.15, -0.1) is 11.3 Å². The zero-order valence-electron chi connectivity index (χ0n) is 11.4. The lowest BCUT2D eigenvalue weighted by Gasteiger charge is -2.06. The van der Waals surface area contributed by atoms with Crippen LogP contribution in [-0.2, 0) is 6.61 Å². The van der Waals surface area contributed by atoms with Crippen LogP contribution in [0.3, 0.4) is 0 Å². The number of hydrogen-bond acceptors (Lipinski definition) is 4. The van der Waals surface area contributed by atoms with Crippen molar-refractivity contribution in [1.82, 2.24) is 4.98 Å². The number of carbonyl (C=O) groups is 1. The zero-order chi connectivity index (χ0) is 14.8. The van der Waals surface area contributed by atoms with Gasteiger partial charge in [0, 0.05) is 0 Å². The number of hydrogen-bond donors (Lipinski definition) is 1. The van der Waals surface area contributed by atoms with E-state index in [1.807, 2.05) is 24.3 Å². The Kier molecular flexibility index (Phi) is 3.58. The average molecular weight is 299 g/mol. The average Bonchev–Trinajstić information content (AvgIpc) is 2.87. The summed E-state index contributed by atoms with van der Waals surface area (Å²) in [5.74, 6) is -0.276. The van der Waals surface area contributed by atoms with E-state index in [0.717, 1.165) is 15.2 Å². The summed E-state index contributed by atoms with van der Waals surface area (Å²) in [6, 6.07) is 12.9. The highest BCUT2D eigenvalue weighted by atomic mass is 32.1. The second kappa shape index (κ2) is 5.54. The van der Waals surface area contributed by atoms with Crippen LogP contribution in [-0.4, -0.2) is 16.1 Å². The molecule has 0 aliphatic carbocycles. The molecule has 0 amide bonds. The van der Waals surface area contributed by atoms with E-state index in [1.54, 1.807) is 36.5 Å². The molecule has 106 valence electrons. The second-order valence-corrected chi connectivity index (χ2v) is 5.76. The molecule has 3 rings (SSSR count). The Labute approximate surface area is 125 Å². The lowest BCUT2D eigenvalue weighted by molar-refractivity contribution is 0.0696. The molecular weight excluding hydrogens is 286 g/mol. The molecular formula is C16H13NO3S. The molecule has 1 N–H and O–H groups in total. The number of rotatable bonds is 4. The lowest BCUT2D eigenvalue weighted by Crippen LogP contribution is -2.01. The Bertz CT molecular complexity index is 777. The smallest absolute Gasteiger partial charge is 0.335 e. The Morgan fingerprint density at radius 3 is 2.81 bits per heavy atom. The molecule has 4 nitrogen and oxygen atoms in total. The van der Waals surface area contributed by atoms with Gasteiger partial charge in [-0.2, -0.15) is 0 Å². The van der Waals surface area contributed by atoms with E-state index in [9.17, 15) is 4.79 Å². The van der Waals surface area contributed by atoms with Crippen LogP contribution < -0.4 is 4.74 Å². The minimum absolute atomic E-state index is 0.294. The van der Waals surface area contributed by atoms with Gasteiger partial charge in [-0.3, -0.25) is 0 Å². The number of carboxylic acid groups (broad SMARTS) is 1. The number of nitrogens with zero attached hydrogens (tertiary/aromatic N) is 1. The third kappa shape index (κ3) is 2.87. The predicted molar refractivity (Wildman–Crippen MR) is 82.1 cm³/mol. The molecule has 0 atom stereocenters. The van der Waals surface area contributed by atoms with Crippen LogP contribution in [0.25, 0.3) is 10.2 Å². The fourth-order valence-corrected chi connectivity index (χ4v) is 2.97. The van der Waals surface area contributed by atoms with Gasteiger partial charge in [0.2, 0.25) is 0 Å². The quantitative estimate of drug-likeness (QED) is 0.794. The van der Waals surface area contributed by atoms with Crippen molar-refractivity contribution in [2.24, 2.45) is 0 Å². The van der Waals surface area contributed by atoms with Crippen molar-refractivity contribution < 1.29 is 14.6 Å². The van der Waals surface area contributed by atoms with Gasteiger partial charge >= 0.3 is 5.97 Å². The Morgan fingerprint density at radius 2 is 2.10 bits per heavy atom. The van der Waals surface area contributed by atoms with E-state index in [2.05, 4.69) is 4.98 Å². The standard InChI is InChI=1S/C16H13NO3S/c1-10-8-11(6-7-12(10)16(18)19)20-9-15-17-13-4-2-3-5-14(13)21-15/h2-8H,9H2,1H3,(H,18,19).